The molecule has 2 aromatic carbocycles. The quantitative estimate of drug-likeness (QED) is 0.853. The third kappa shape index (κ3) is 2.73. The first-order valence-corrected chi connectivity index (χ1v) is 6.93. The van der Waals surface area contributed by atoms with Gasteiger partial charge in [-0.25, -0.2) is 0 Å². The summed E-state index contributed by atoms with van der Waals surface area (Å²) in [5.74, 6) is 0. The van der Waals surface area contributed by atoms with Gasteiger partial charge in [-0.2, -0.15) is 0 Å². The lowest BCUT2D eigenvalue weighted by molar-refractivity contribution is 0.782. The van der Waals surface area contributed by atoms with Gasteiger partial charge in [0, 0.05) is 11.1 Å². The summed E-state index contributed by atoms with van der Waals surface area (Å²) in [4.78, 5) is 0. The van der Waals surface area contributed by atoms with E-state index in [1.807, 2.05) is 18.2 Å². The highest BCUT2D eigenvalue weighted by molar-refractivity contribution is 6.30. The van der Waals surface area contributed by atoms with Crippen molar-refractivity contribution in [2.24, 2.45) is 5.73 Å². The Morgan fingerprint density at radius 1 is 0.947 bits per heavy atom. The van der Waals surface area contributed by atoms with Crippen LogP contribution < -0.4 is 5.73 Å². The Balaban J connectivity index is 1.89. The highest BCUT2D eigenvalue weighted by atomic mass is 35.5. The SMILES string of the molecule is NC1C=C(c2ccc(-c3cccc(Cl)c3)cc2)CC1. The van der Waals surface area contributed by atoms with Gasteiger partial charge in [0.1, 0.15) is 0 Å². The minimum absolute atomic E-state index is 0.225. The van der Waals surface area contributed by atoms with E-state index in [9.17, 15) is 0 Å². The number of allylic oxidation sites excluding steroid dienone is 1. The maximum atomic E-state index is 6.02. The summed E-state index contributed by atoms with van der Waals surface area (Å²) in [6.45, 7) is 0. The molecule has 19 heavy (non-hydrogen) atoms. The van der Waals surface area contributed by atoms with Crippen LogP contribution in [0.2, 0.25) is 5.02 Å². The molecule has 0 saturated carbocycles. The normalized spacial score (nSPS) is 18.4. The van der Waals surface area contributed by atoms with Crippen LogP contribution in [0.5, 0.6) is 0 Å². The van der Waals surface area contributed by atoms with Crippen molar-refractivity contribution in [1.82, 2.24) is 0 Å². The van der Waals surface area contributed by atoms with Crippen LogP contribution in [0, 0.1) is 0 Å². The van der Waals surface area contributed by atoms with Gasteiger partial charge in [0.25, 0.3) is 0 Å². The molecule has 1 aliphatic carbocycles. The molecule has 0 bridgehead atoms. The number of benzene rings is 2. The Kier molecular flexibility index (Phi) is 3.41. The molecule has 0 radical (unpaired) electrons. The van der Waals surface area contributed by atoms with Crippen LogP contribution in [0.3, 0.4) is 0 Å². The fourth-order valence-electron chi connectivity index (χ4n) is 2.53. The topological polar surface area (TPSA) is 26.0 Å². The average molecular weight is 270 g/mol. The smallest absolute Gasteiger partial charge is 0.0412 e. The lowest BCUT2D eigenvalue weighted by atomic mass is 10.0. The predicted octanol–water partition coefficient (Wildman–Crippen LogP) is 4.51. The van der Waals surface area contributed by atoms with Gasteiger partial charge < -0.3 is 5.73 Å². The van der Waals surface area contributed by atoms with Crippen LogP contribution >= 0.6 is 11.6 Å². The van der Waals surface area contributed by atoms with Crippen molar-refractivity contribution in [2.45, 2.75) is 18.9 Å². The second kappa shape index (κ2) is 5.20. The molecule has 0 heterocycles. The highest BCUT2D eigenvalue weighted by Gasteiger charge is 2.13. The number of rotatable bonds is 2. The van der Waals surface area contributed by atoms with Gasteiger partial charge >= 0.3 is 0 Å². The Morgan fingerprint density at radius 2 is 1.68 bits per heavy atom. The van der Waals surface area contributed by atoms with Gasteiger partial charge in [-0.05, 0) is 47.2 Å². The number of halogens is 1. The maximum Gasteiger partial charge on any atom is 0.0412 e. The van der Waals surface area contributed by atoms with Crippen molar-refractivity contribution < 1.29 is 0 Å². The minimum atomic E-state index is 0.225. The van der Waals surface area contributed by atoms with Crippen molar-refractivity contribution >= 4 is 17.2 Å². The van der Waals surface area contributed by atoms with Crippen LogP contribution in [-0.2, 0) is 0 Å². The number of hydrogen-bond acceptors (Lipinski definition) is 1. The molecule has 96 valence electrons. The molecular weight excluding hydrogens is 254 g/mol. The van der Waals surface area contributed by atoms with Crippen LogP contribution in [-0.4, -0.2) is 6.04 Å². The lowest BCUT2D eigenvalue weighted by Crippen LogP contribution is -2.11. The first kappa shape index (κ1) is 12.5. The van der Waals surface area contributed by atoms with Gasteiger partial charge in [-0.3, -0.25) is 0 Å². The van der Waals surface area contributed by atoms with E-state index in [4.69, 9.17) is 17.3 Å². The maximum absolute atomic E-state index is 6.02. The van der Waals surface area contributed by atoms with Crippen LogP contribution in [0.15, 0.2) is 54.6 Å². The molecule has 0 spiro atoms. The number of hydrogen-bond donors (Lipinski definition) is 1. The molecule has 2 aromatic rings. The van der Waals surface area contributed by atoms with Gasteiger partial charge in [0.15, 0.2) is 0 Å². The monoisotopic (exact) mass is 269 g/mol. The summed E-state index contributed by atoms with van der Waals surface area (Å²) < 4.78 is 0. The third-order valence-electron chi connectivity index (χ3n) is 3.58. The Bertz CT molecular complexity index is 613. The van der Waals surface area contributed by atoms with E-state index < -0.39 is 0 Å². The van der Waals surface area contributed by atoms with Crippen LogP contribution in [0.4, 0.5) is 0 Å². The first-order valence-electron chi connectivity index (χ1n) is 6.55. The van der Waals surface area contributed by atoms with E-state index in [-0.39, 0.29) is 6.04 Å². The molecule has 2 heteroatoms. The van der Waals surface area contributed by atoms with Crippen molar-refractivity contribution in [1.29, 1.82) is 0 Å². The van der Waals surface area contributed by atoms with Gasteiger partial charge in [-0.15, -0.1) is 0 Å². The van der Waals surface area contributed by atoms with E-state index in [2.05, 4.69) is 36.4 Å². The summed E-state index contributed by atoms with van der Waals surface area (Å²) in [5.41, 5.74) is 10.9. The molecule has 1 unspecified atom stereocenters. The second-order valence-electron chi connectivity index (χ2n) is 4.98. The molecule has 0 amide bonds. The van der Waals surface area contributed by atoms with Crippen LogP contribution in [0.1, 0.15) is 18.4 Å². The van der Waals surface area contributed by atoms with E-state index in [0.29, 0.717) is 0 Å². The molecule has 1 nitrogen and oxygen atoms in total. The van der Waals surface area contributed by atoms with Crippen LogP contribution in [0.25, 0.3) is 16.7 Å². The molecule has 0 aromatic heterocycles. The molecular formula is C17H16ClN. The zero-order chi connectivity index (χ0) is 13.2. The van der Waals surface area contributed by atoms with Gasteiger partial charge in [-0.1, -0.05) is 54.1 Å². The predicted molar refractivity (Wildman–Crippen MR) is 82.1 cm³/mol. The zero-order valence-corrected chi connectivity index (χ0v) is 11.4. The molecule has 1 atom stereocenters. The first-order chi connectivity index (χ1) is 9.22. The molecule has 1 aliphatic rings. The van der Waals surface area contributed by atoms with E-state index in [1.54, 1.807) is 0 Å². The van der Waals surface area contributed by atoms with Crippen molar-refractivity contribution in [3.05, 3.63) is 65.2 Å². The van der Waals surface area contributed by atoms with E-state index >= 15 is 0 Å². The Morgan fingerprint density at radius 3 is 2.32 bits per heavy atom. The molecule has 0 fully saturated rings. The van der Waals surface area contributed by atoms with Gasteiger partial charge in [0.2, 0.25) is 0 Å². The molecule has 3 rings (SSSR count). The summed E-state index contributed by atoms with van der Waals surface area (Å²) in [7, 11) is 0. The van der Waals surface area contributed by atoms with Crippen molar-refractivity contribution in [3.63, 3.8) is 0 Å². The van der Waals surface area contributed by atoms with E-state index in [1.165, 1.54) is 16.7 Å². The second-order valence-corrected chi connectivity index (χ2v) is 5.42. The average Bonchev–Trinajstić information content (AvgIpc) is 2.86. The molecule has 0 aliphatic heterocycles. The lowest BCUT2D eigenvalue weighted by Gasteiger charge is -2.05. The summed E-state index contributed by atoms with van der Waals surface area (Å²) >= 11 is 6.02. The summed E-state index contributed by atoms with van der Waals surface area (Å²) in [5, 5.41) is 0.769. The summed E-state index contributed by atoms with van der Waals surface area (Å²) in [6.07, 6.45) is 4.32. The standard InChI is InChI=1S/C17H16ClN/c18-16-3-1-2-14(10-16)12-4-6-13(7-5-12)15-8-9-17(19)11-15/h1-7,10-11,17H,8-9,19H2. The minimum Gasteiger partial charge on any atom is -0.324 e. The van der Waals surface area contributed by atoms with Crippen molar-refractivity contribution in [3.8, 4) is 11.1 Å². The summed E-state index contributed by atoms with van der Waals surface area (Å²) in [6, 6.07) is 16.8. The fourth-order valence-corrected chi connectivity index (χ4v) is 2.72. The van der Waals surface area contributed by atoms with E-state index in [0.717, 1.165) is 23.4 Å². The highest BCUT2D eigenvalue weighted by Crippen LogP contribution is 2.29. The van der Waals surface area contributed by atoms with Crippen molar-refractivity contribution in [2.75, 3.05) is 0 Å². The largest absolute Gasteiger partial charge is 0.324 e. The molecule has 0 saturated heterocycles. The third-order valence-corrected chi connectivity index (χ3v) is 3.81. The Hall–Kier alpha value is -1.57. The fraction of sp³-hybridized carbons (Fsp3) is 0.176. The number of nitrogens with two attached hydrogens (primary N) is 1. The van der Waals surface area contributed by atoms with Gasteiger partial charge in [0.05, 0.1) is 0 Å². The Labute approximate surface area is 118 Å². The molecule has 2 N–H and O–H groups in total. The zero-order valence-electron chi connectivity index (χ0n) is 10.6.